The van der Waals surface area contributed by atoms with Crippen molar-refractivity contribution < 1.29 is 4.74 Å². The van der Waals surface area contributed by atoms with E-state index < -0.39 is 0 Å². The molecule has 0 bridgehead atoms. The number of hydrogen-bond donors (Lipinski definition) is 1. The number of piperazine rings is 1. The van der Waals surface area contributed by atoms with Crippen LogP contribution in [0.4, 0.5) is 5.69 Å². The summed E-state index contributed by atoms with van der Waals surface area (Å²) in [5.41, 5.74) is 8.09. The lowest BCUT2D eigenvalue weighted by atomic mass is 10.1. The van der Waals surface area contributed by atoms with Crippen LogP contribution in [-0.2, 0) is 6.54 Å². The molecule has 0 aliphatic carbocycles. The van der Waals surface area contributed by atoms with Gasteiger partial charge in [0.1, 0.15) is 5.75 Å². The highest BCUT2D eigenvalue weighted by molar-refractivity contribution is 5.51. The summed E-state index contributed by atoms with van der Waals surface area (Å²) in [5.74, 6) is 0.825. The Kier molecular flexibility index (Phi) is 4.66. The number of ether oxygens (including phenoxy) is 1. The van der Waals surface area contributed by atoms with Gasteiger partial charge in [0.2, 0.25) is 0 Å². The van der Waals surface area contributed by atoms with Gasteiger partial charge in [-0.25, -0.2) is 0 Å². The van der Waals surface area contributed by atoms with Crippen molar-refractivity contribution in [1.82, 2.24) is 9.80 Å². The average molecular weight is 263 g/mol. The molecule has 0 atom stereocenters. The van der Waals surface area contributed by atoms with E-state index in [1.54, 1.807) is 7.11 Å². The Balaban J connectivity index is 1.92. The van der Waals surface area contributed by atoms with Crippen molar-refractivity contribution >= 4 is 5.69 Å². The third kappa shape index (κ3) is 3.61. The molecule has 1 aromatic rings. The Labute approximate surface area is 116 Å². The number of anilines is 1. The molecule has 0 aromatic heterocycles. The molecule has 1 aromatic carbocycles. The van der Waals surface area contributed by atoms with Gasteiger partial charge in [-0.1, -0.05) is 6.07 Å². The molecule has 19 heavy (non-hydrogen) atoms. The highest BCUT2D eigenvalue weighted by atomic mass is 16.5. The van der Waals surface area contributed by atoms with Gasteiger partial charge in [-0.05, 0) is 25.5 Å². The second-order valence-corrected chi connectivity index (χ2v) is 5.47. The number of hydrogen-bond acceptors (Lipinski definition) is 4. The Bertz CT molecular complexity index is 412. The largest absolute Gasteiger partial charge is 0.497 e. The van der Waals surface area contributed by atoms with Gasteiger partial charge in [-0.2, -0.15) is 0 Å². The topological polar surface area (TPSA) is 41.7 Å². The molecule has 1 aliphatic rings. The SMILES string of the molecule is COc1ccc(CN2CCN(C(C)C)CC2)c(N)c1. The Hall–Kier alpha value is -1.26. The molecule has 0 saturated carbocycles. The van der Waals surface area contributed by atoms with E-state index in [0.29, 0.717) is 6.04 Å². The first-order valence-electron chi connectivity index (χ1n) is 6.99. The number of nitrogen functional groups attached to an aromatic ring is 1. The summed E-state index contributed by atoms with van der Waals surface area (Å²) in [7, 11) is 1.67. The van der Waals surface area contributed by atoms with E-state index in [1.165, 1.54) is 5.56 Å². The highest BCUT2D eigenvalue weighted by Gasteiger charge is 2.19. The standard InChI is InChI=1S/C15H25N3O/c1-12(2)18-8-6-17(7-9-18)11-13-4-5-14(19-3)10-15(13)16/h4-5,10,12H,6-9,11,16H2,1-3H3. The van der Waals surface area contributed by atoms with Crippen LogP contribution in [0.15, 0.2) is 18.2 Å². The van der Waals surface area contributed by atoms with Crippen molar-refractivity contribution in [3.05, 3.63) is 23.8 Å². The summed E-state index contributed by atoms with van der Waals surface area (Å²) in [4.78, 5) is 4.99. The van der Waals surface area contributed by atoms with Gasteiger partial charge in [0.15, 0.2) is 0 Å². The summed E-state index contributed by atoms with van der Waals surface area (Å²) in [5, 5.41) is 0. The lowest BCUT2D eigenvalue weighted by Crippen LogP contribution is -2.48. The van der Waals surface area contributed by atoms with Crippen molar-refractivity contribution in [3.63, 3.8) is 0 Å². The normalized spacial score (nSPS) is 17.9. The zero-order chi connectivity index (χ0) is 13.8. The van der Waals surface area contributed by atoms with Crippen LogP contribution in [0.2, 0.25) is 0 Å². The lowest BCUT2D eigenvalue weighted by molar-refractivity contribution is 0.104. The molecular formula is C15H25N3O. The number of rotatable bonds is 4. The van der Waals surface area contributed by atoms with E-state index in [-0.39, 0.29) is 0 Å². The fourth-order valence-corrected chi connectivity index (χ4v) is 2.52. The van der Waals surface area contributed by atoms with Crippen LogP contribution in [0.5, 0.6) is 5.75 Å². The van der Waals surface area contributed by atoms with Gasteiger partial charge in [0.05, 0.1) is 7.11 Å². The van der Waals surface area contributed by atoms with Crippen molar-refractivity contribution in [3.8, 4) is 5.75 Å². The van der Waals surface area contributed by atoms with Crippen molar-refractivity contribution in [2.75, 3.05) is 39.0 Å². The monoisotopic (exact) mass is 263 g/mol. The van der Waals surface area contributed by atoms with Crippen LogP contribution >= 0.6 is 0 Å². The predicted octanol–water partition coefficient (Wildman–Crippen LogP) is 1.80. The van der Waals surface area contributed by atoms with E-state index in [1.807, 2.05) is 12.1 Å². The third-order valence-electron chi connectivity index (χ3n) is 3.88. The minimum Gasteiger partial charge on any atom is -0.497 e. The fraction of sp³-hybridized carbons (Fsp3) is 0.600. The van der Waals surface area contributed by atoms with Crippen LogP contribution in [0.25, 0.3) is 0 Å². The quantitative estimate of drug-likeness (QED) is 0.841. The Morgan fingerprint density at radius 3 is 2.42 bits per heavy atom. The Morgan fingerprint density at radius 1 is 1.21 bits per heavy atom. The fourth-order valence-electron chi connectivity index (χ4n) is 2.52. The van der Waals surface area contributed by atoms with Gasteiger partial charge < -0.3 is 10.5 Å². The molecule has 4 nitrogen and oxygen atoms in total. The Morgan fingerprint density at radius 2 is 1.89 bits per heavy atom. The smallest absolute Gasteiger partial charge is 0.120 e. The summed E-state index contributed by atoms with van der Waals surface area (Å²) in [6.07, 6.45) is 0. The van der Waals surface area contributed by atoms with Crippen LogP contribution in [0.3, 0.4) is 0 Å². The van der Waals surface area contributed by atoms with Crippen LogP contribution in [0.1, 0.15) is 19.4 Å². The first-order chi connectivity index (χ1) is 9.10. The van der Waals surface area contributed by atoms with Crippen LogP contribution < -0.4 is 10.5 Å². The maximum absolute atomic E-state index is 6.07. The molecule has 1 heterocycles. The second kappa shape index (κ2) is 6.26. The minimum absolute atomic E-state index is 0.646. The molecule has 0 unspecified atom stereocenters. The van der Waals surface area contributed by atoms with Gasteiger partial charge in [-0.15, -0.1) is 0 Å². The highest BCUT2D eigenvalue weighted by Crippen LogP contribution is 2.21. The van der Waals surface area contributed by atoms with Crippen molar-refractivity contribution in [1.29, 1.82) is 0 Å². The zero-order valence-corrected chi connectivity index (χ0v) is 12.2. The predicted molar refractivity (Wildman–Crippen MR) is 79.4 cm³/mol. The molecule has 2 rings (SSSR count). The molecule has 1 fully saturated rings. The summed E-state index contributed by atoms with van der Waals surface area (Å²) >= 11 is 0. The van der Waals surface area contributed by atoms with Crippen molar-refractivity contribution in [2.45, 2.75) is 26.4 Å². The summed E-state index contributed by atoms with van der Waals surface area (Å²) in [6.45, 7) is 9.98. The molecule has 0 spiro atoms. The third-order valence-corrected chi connectivity index (χ3v) is 3.88. The minimum atomic E-state index is 0.646. The molecule has 106 valence electrons. The van der Waals surface area contributed by atoms with Crippen LogP contribution in [-0.4, -0.2) is 49.1 Å². The number of benzene rings is 1. The summed E-state index contributed by atoms with van der Waals surface area (Å²) in [6, 6.07) is 6.60. The first-order valence-corrected chi connectivity index (χ1v) is 6.99. The van der Waals surface area contributed by atoms with E-state index in [9.17, 15) is 0 Å². The van der Waals surface area contributed by atoms with E-state index in [2.05, 4.69) is 29.7 Å². The maximum Gasteiger partial charge on any atom is 0.120 e. The number of methoxy groups -OCH3 is 1. The van der Waals surface area contributed by atoms with E-state index in [4.69, 9.17) is 10.5 Å². The number of nitrogens with two attached hydrogens (primary N) is 1. The van der Waals surface area contributed by atoms with Gasteiger partial charge in [0, 0.05) is 50.5 Å². The van der Waals surface area contributed by atoms with E-state index >= 15 is 0 Å². The molecular weight excluding hydrogens is 238 g/mol. The molecule has 2 N–H and O–H groups in total. The lowest BCUT2D eigenvalue weighted by Gasteiger charge is -2.37. The van der Waals surface area contributed by atoms with Crippen LogP contribution in [0, 0.1) is 0 Å². The van der Waals surface area contributed by atoms with Gasteiger partial charge >= 0.3 is 0 Å². The van der Waals surface area contributed by atoms with Gasteiger partial charge in [0.25, 0.3) is 0 Å². The zero-order valence-electron chi connectivity index (χ0n) is 12.2. The first kappa shape index (κ1) is 14.2. The molecule has 0 amide bonds. The summed E-state index contributed by atoms with van der Waals surface area (Å²) < 4.78 is 5.18. The molecule has 4 heteroatoms. The van der Waals surface area contributed by atoms with Gasteiger partial charge in [-0.3, -0.25) is 9.80 Å². The molecule has 1 aliphatic heterocycles. The maximum atomic E-state index is 6.07. The van der Waals surface area contributed by atoms with E-state index in [0.717, 1.165) is 44.2 Å². The molecule has 0 radical (unpaired) electrons. The number of nitrogens with zero attached hydrogens (tertiary/aromatic N) is 2. The van der Waals surface area contributed by atoms with Crippen molar-refractivity contribution in [2.24, 2.45) is 0 Å². The second-order valence-electron chi connectivity index (χ2n) is 5.47. The molecule has 1 saturated heterocycles. The average Bonchev–Trinajstić information content (AvgIpc) is 2.41.